The summed E-state index contributed by atoms with van der Waals surface area (Å²) < 4.78 is 0. The Morgan fingerprint density at radius 3 is 2.00 bits per heavy atom. The molecule has 2 aliphatic rings. The van der Waals surface area contributed by atoms with Crippen LogP contribution in [-0.2, 0) is 0 Å². The maximum Gasteiger partial charge on any atom is 0.231 e. The van der Waals surface area contributed by atoms with E-state index in [-0.39, 0.29) is 11.9 Å². The van der Waals surface area contributed by atoms with Crippen LogP contribution in [0.15, 0.2) is 0 Å². The summed E-state index contributed by atoms with van der Waals surface area (Å²) in [5.41, 5.74) is 0. The van der Waals surface area contributed by atoms with Gasteiger partial charge in [0.15, 0.2) is 0 Å². The summed E-state index contributed by atoms with van der Waals surface area (Å²) in [4.78, 5) is 19.7. The third kappa shape index (κ3) is 3.53. The second kappa shape index (κ2) is 6.72. The number of aliphatic hydroxyl groups excluding tert-OH is 1. The highest BCUT2D eigenvalue weighted by Gasteiger charge is 2.22. The van der Waals surface area contributed by atoms with Gasteiger partial charge in [0.25, 0.3) is 0 Å². The Labute approximate surface area is 129 Å². The van der Waals surface area contributed by atoms with E-state index in [1.165, 1.54) is 12.8 Å². The number of rotatable bonds is 4. The van der Waals surface area contributed by atoms with E-state index in [9.17, 15) is 0 Å². The molecule has 116 valence electrons. The Kier molecular flexibility index (Phi) is 4.72. The minimum Gasteiger partial charge on any atom is -0.395 e. The van der Waals surface area contributed by atoms with E-state index in [0.717, 1.165) is 45.8 Å². The van der Waals surface area contributed by atoms with Gasteiger partial charge in [-0.1, -0.05) is 0 Å². The number of nitrogens with zero attached hydrogens (tertiary/aromatic N) is 6. The van der Waals surface area contributed by atoms with Gasteiger partial charge in [-0.3, -0.25) is 4.90 Å². The number of aliphatic hydroxyl groups is 1. The first kappa shape index (κ1) is 14.7. The molecule has 8 heteroatoms. The van der Waals surface area contributed by atoms with E-state index in [4.69, 9.17) is 16.7 Å². The second-order valence-electron chi connectivity index (χ2n) is 5.45. The smallest absolute Gasteiger partial charge is 0.231 e. The zero-order valence-corrected chi connectivity index (χ0v) is 12.8. The van der Waals surface area contributed by atoms with E-state index in [2.05, 4.69) is 29.7 Å². The third-order valence-corrected chi connectivity index (χ3v) is 4.21. The summed E-state index contributed by atoms with van der Waals surface area (Å²) >= 11 is 6.07. The molecule has 0 amide bonds. The first-order valence-electron chi connectivity index (χ1n) is 7.51. The van der Waals surface area contributed by atoms with Crippen molar-refractivity contribution in [3.63, 3.8) is 0 Å². The predicted molar refractivity (Wildman–Crippen MR) is 82.0 cm³/mol. The highest BCUT2D eigenvalue weighted by Crippen LogP contribution is 2.21. The van der Waals surface area contributed by atoms with Crippen molar-refractivity contribution >= 4 is 23.5 Å². The molecule has 0 aromatic carbocycles. The highest BCUT2D eigenvalue weighted by atomic mass is 35.5. The normalized spacial score (nSPS) is 20.3. The van der Waals surface area contributed by atoms with E-state index in [0.29, 0.717) is 11.9 Å². The molecule has 0 bridgehead atoms. The van der Waals surface area contributed by atoms with Crippen molar-refractivity contribution in [3.05, 3.63) is 5.28 Å². The molecule has 0 radical (unpaired) electrons. The fourth-order valence-electron chi connectivity index (χ4n) is 2.84. The lowest BCUT2D eigenvalue weighted by molar-refractivity contribution is 0.188. The molecule has 1 N–H and O–H groups in total. The van der Waals surface area contributed by atoms with Gasteiger partial charge in [0.2, 0.25) is 17.2 Å². The molecule has 0 aliphatic carbocycles. The van der Waals surface area contributed by atoms with Crippen LogP contribution in [0.4, 0.5) is 11.9 Å². The first-order chi connectivity index (χ1) is 10.3. The molecular weight excluding hydrogens is 292 g/mol. The van der Waals surface area contributed by atoms with Gasteiger partial charge in [0.1, 0.15) is 0 Å². The van der Waals surface area contributed by atoms with Crippen LogP contribution in [0.25, 0.3) is 0 Å². The monoisotopic (exact) mass is 312 g/mol. The lowest BCUT2D eigenvalue weighted by atomic mass is 10.3. The van der Waals surface area contributed by atoms with Crippen LogP contribution >= 0.6 is 11.6 Å². The molecule has 0 saturated carbocycles. The van der Waals surface area contributed by atoms with Crippen molar-refractivity contribution < 1.29 is 5.11 Å². The van der Waals surface area contributed by atoms with Gasteiger partial charge in [0, 0.05) is 45.8 Å². The van der Waals surface area contributed by atoms with Crippen LogP contribution in [0.5, 0.6) is 0 Å². The van der Waals surface area contributed by atoms with Crippen LogP contribution in [0.1, 0.15) is 12.8 Å². The molecule has 2 aliphatic heterocycles. The maximum absolute atomic E-state index is 8.98. The zero-order chi connectivity index (χ0) is 14.7. The molecule has 1 aromatic heterocycles. The summed E-state index contributed by atoms with van der Waals surface area (Å²) in [5.74, 6) is 1.36. The van der Waals surface area contributed by atoms with Crippen molar-refractivity contribution in [1.29, 1.82) is 0 Å². The van der Waals surface area contributed by atoms with Gasteiger partial charge >= 0.3 is 0 Å². The molecule has 7 nitrogen and oxygen atoms in total. The van der Waals surface area contributed by atoms with Gasteiger partial charge in [-0.25, -0.2) is 0 Å². The predicted octanol–water partition coefficient (Wildman–Crippen LogP) is 0.239. The fraction of sp³-hybridized carbons (Fsp3) is 0.769. The first-order valence-corrected chi connectivity index (χ1v) is 7.89. The third-order valence-electron chi connectivity index (χ3n) is 4.04. The average Bonchev–Trinajstić information content (AvgIpc) is 3.02. The van der Waals surface area contributed by atoms with Crippen molar-refractivity contribution in [1.82, 2.24) is 19.9 Å². The number of hydrogen-bond donors (Lipinski definition) is 1. The lowest BCUT2D eigenvalue weighted by Crippen LogP contribution is -2.47. The van der Waals surface area contributed by atoms with Gasteiger partial charge < -0.3 is 14.9 Å². The number of piperazine rings is 1. The highest BCUT2D eigenvalue weighted by molar-refractivity contribution is 6.28. The molecule has 0 unspecified atom stereocenters. The summed E-state index contributed by atoms with van der Waals surface area (Å²) in [7, 11) is 0. The average molecular weight is 313 g/mol. The summed E-state index contributed by atoms with van der Waals surface area (Å²) in [5, 5.41) is 9.25. The molecule has 1 aromatic rings. The number of aromatic nitrogens is 3. The van der Waals surface area contributed by atoms with Crippen molar-refractivity contribution in [3.8, 4) is 0 Å². The van der Waals surface area contributed by atoms with E-state index in [1.807, 2.05) is 0 Å². The van der Waals surface area contributed by atoms with Crippen LogP contribution in [-0.4, -0.2) is 77.4 Å². The van der Waals surface area contributed by atoms with E-state index in [1.54, 1.807) is 0 Å². The molecule has 0 atom stereocenters. The summed E-state index contributed by atoms with van der Waals surface area (Å²) in [6, 6.07) is 0. The second-order valence-corrected chi connectivity index (χ2v) is 5.79. The topological polar surface area (TPSA) is 68.6 Å². The standard InChI is InChI=1S/C13H21ClN6O/c14-11-15-12(19-3-1-2-4-19)17-13(16-11)20-7-5-18(6-8-20)9-10-21/h21H,1-10H2. The van der Waals surface area contributed by atoms with Gasteiger partial charge in [-0.15, -0.1) is 0 Å². The number of β-amino-alcohol motifs (C(OH)–C–C–N with tert-alkyl or cyclic N) is 1. The molecule has 3 heterocycles. The zero-order valence-electron chi connectivity index (χ0n) is 12.1. The quantitative estimate of drug-likeness (QED) is 0.854. The molecular formula is C13H21ClN6O. The van der Waals surface area contributed by atoms with Crippen LogP contribution < -0.4 is 9.80 Å². The largest absolute Gasteiger partial charge is 0.395 e. The fourth-order valence-corrected chi connectivity index (χ4v) is 2.99. The molecule has 2 saturated heterocycles. The minimum atomic E-state index is 0.205. The van der Waals surface area contributed by atoms with Crippen molar-refractivity contribution in [2.24, 2.45) is 0 Å². The van der Waals surface area contributed by atoms with Crippen LogP contribution in [0.2, 0.25) is 5.28 Å². The number of halogens is 1. The Balaban J connectivity index is 1.70. The Hall–Kier alpha value is -1.18. The molecule has 0 spiro atoms. The Morgan fingerprint density at radius 2 is 1.43 bits per heavy atom. The molecule has 3 rings (SSSR count). The van der Waals surface area contributed by atoms with E-state index >= 15 is 0 Å². The SMILES string of the molecule is OCCN1CCN(c2nc(Cl)nc(N3CCCC3)n2)CC1. The Bertz CT molecular complexity index is 474. The van der Waals surface area contributed by atoms with Gasteiger partial charge in [-0.2, -0.15) is 15.0 Å². The van der Waals surface area contributed by atoms with E-state index < -0.39 is 0 Å². The lowest BCUT2D eigenvalue weighted by Gasteiger charge is -2.34. The van der Waals surface area contributed by atoms with Crippen molar-refractivity contribution in [2.45, 2.75) is 12.8 Å². The minimum absolute atomic E-state index is 0.205. The number of hydrogen-bond acceptors (Lipinski definition) is 7. The molecule has 2 fully saturated rings. The van der Waals surface area contributed by atoms with Crippen molar-refractivity contribution in [2.75, 3.05) is 62.2 Å². The Morgan fingerprint density at radius 1 is 0.857 bits per heavy atom. The number of anilines is 2. The van der Waals surface area contributed by atoms with Gasteiger partial charge in [-0.05, 0) is 24.4 Å². The summed E-state index contributed by atoms with van der Waals surface area (Å²) in [6.07, 6.45) is 2.36. The van der Waals surface area contributed by atoms with Crippen LogP contribution in [0.3, 0.4) is 0 Å². The molecule has 21 heavy (non-hydrogen) atoms. The summed E-state index contributed by atoms with van der Waals surface area (Å²) in [6.45, 7) is 6.42. The maximum atomic E-state index is 8.98. The van der Waals surface area contributed by atoms with Crippen LogP contribution in [0, 0.1) is 0 Å². The van der Waals surface area contributed by atoms with Gasteiger partial charge in [0.05, 0.1) is 6.61 Å².